The average molecular weight is 289 g/mol. The van der Waals surface area contributed by atoms with Crippen LogP contribution in [0.15, 0.2) is 24.3 Å². The molecular formula is C19H31NO. The third kappa shape index (κ3) is 4.31. The lowest BCUT2D eigenvalue weighted by Crippen LogP contribution is -2.35. The van der Waals surface area contributed by atoms with Gasteiger partial charge in [0.2, 0.25) is 0 Å². The fraction of sp³-hybridized carbons (Fsp3) is 0.684. The minimum atomic E-state index is 0.0282. The van der Waals surface area contributed by atoms with E-state index in [0.717, 1.165) is 18.3 Å². The first-order chi connectivity index (χ1) is 10.0. The molecule has 5 atom stereocenters. The summed E-state index contributed by atoms with van der Waals surface area (Å²) in [6.45, 7) is 8.98. The average Bonchev–Trinajstić information content (AvgIpc) is 2.47. The van der Waals surface area contributed by atoms with Crippen LogP contribution in [0.25, 0.3) is 0 Å². The number of hydrogen-bond donors (Lipinski definition) is 1. The van der Waals surface area contributed by atoms with Gasteiger partial charge in [-0.25, -0.2) is 0 Å². The van der Waals surface area contributed by atoms with E-state index in [9.17, 15) is 0 Å². The molecule has 1 aromatic rings. The topological polar surface area (TPSA) is 35.2 Å². The number of benzene rings is 1. The second kappa shape index (κ2) is 7.42. The number of rotatable bonds is 5. The summed E-state index contributed by atoms with van der Waals surface area (Å²) >= 11 is 0. The number of nitrogens with two attached hydrogens (primary N) is 1. The van der Waals surface area contributed by atoms with Crippen molar-refractivity contribution in [2.45, 2.75) is 71.6 Å². The van der Waals surface area contributed by atoms with Gasteiger partial charge in [-0.1, -0.05) is 50.6 Å². The SMILES string of the molecule is CCC(N)C(OC1CCC(C)C(C)C1)c1cccc(C)c1. The molecule has 0 aromatic heterocycles. The van der Waals surface area contributed by atoms with E-state index in [4.69, 9.17) is 10.5 Å². The molecule has 2 N–H and O–H groups in total. The van der Waals surface area contributed by atoms with E-state index in [1.165, 1.54) is 30.4 Å². The maximum Gasteiger partial charge on any atom is 0.0979 e. The van der Waals surface area contributed by atoms with Crippen LogP contribution in [0.1, 0.15) is 63.7 Å². The predicted molar refractivity (Wildman–Crippen MR) is 89.2 cm³/mol. The van der Waals surface area contributed by atoms with Crippen LogP contribution >= 0.6 is 0 Å². The van der Waals surface area contributed by atoms with E-state index < -0.39 is 0 Å². The molecule has 1 aliphatic rings. The number of aryl methyl sites for hydroxylation is 1. The lowest BCUT2D eigenvalue weighted by molar-refractivity contribution is -0.0594. The van der Waals surface area contributed by atoms with Crippen LogP contribution in [-0.2, 0) is 4.74 Å². The standard InChI is InChI=1S/C19H31NO/c1-5-18(20)19(16-8-6-7-13(2)11-16)21-17-10-9-14(3)15(4)12-17/h6-8,11,14-15,17-19H,5,9-10,12,20H2,1-4H3. The smallest absolute Gasteiger partial charge is 0.0979 e. The normalized spacial score (nSPS) is 29.1. The van der Waals surface area contributed by atoms with Crippen molar-refractivity contribution < 1.29 is 4.74 Å². The minimum Gasteiger partial charge on any atom is -0.369 e. The van der Waals surface area contributed by atoms with Gasteiger partial charge in [0.1, 0.15) is 0 Å². The Balaban J connectivity index is 2.10. The molecule has 118 valence electrons. The molecule has 2 heteroatoms. The second-order valence-electron chi connectivity index (χ2n) is 6.93. The van der Waals surface area contributed by atoms with Crippen molar-refractivity contribution in [3.8, 4) is 0 Å². The maximum atomic E-state index is 6.48. The van der Waals surface area contributed by atoms with Crippen molar-refractivity contribution in [1.82, 2.24) is 0 Å². The van der Waals surface area contributed by atoms with Gasteiger partial charge in [-0.3, -0.25) is 0 Å². The molecule has 1 aromatic carbocycles. The predicted octanol–water partition coefficient (Wildman–Crippen LogP) is 4.61. The quantitative estimate of drug-likeness (QED) is 0.858. The van der Waals surface area contributed by atoms with E-state index in [1.807, 2.05) is 0 Å². The third-order valence-electron chi connectivity index (χ3n) is 5.12. The molecule has 0 saturated heterocycles. The Hall–Kier alpha value is -0.860. The Morgan fingerprint density at radius 3 is 2.62 bits per heavy atom. The van der Waals surface area contributed by atoms with Gasteiger partial charge >= 0.3 is 0 Å². The molecule has 1 fully saturated rings. The molecule has 1 saturated carbocycles. The van der Waals surface area contributed by atoms with Crippen molar-refractivity contribution in [2.75, 3.05) is 0 Å². The Bertz CT molecular complexity index is 445. The molecule has 0 radical (unpaired) electrons. The second-order valence-corrected chi connectivity index (χ2v) is 6.93. The summed E-state index contributed by atoms with van der Waals surface area (Å²) in [5.74, 6) is 1.57. The molecule has 0 amide bonds. The van der Waals surface area contributed by atoms with Gasteiger partial charge in [0.05, 0.1) is 12.2 Å². The van der Waals surface area contributed by atoms with Crippen molar-refractivity contribution in [3.05, 3.63) is 35.4 Å². The van der Waals surface area contributed by atoms with Crippen LogP contribution in [0.4, 0.5) is 0 Å². The first-order valence-corrected chi connectivity index (χ1v) is 8.48. The van der Waals surface area contributed by atoms with Gasteiger partial charge in [-0.2, -0.15) is 0 Å². The van der Waals surface area contributed by atoms with Gasteiger partial charge < -0.3 is 10.5 Å². The zero-order chi connectivity index (χ0) is 15.4. The Kier molecular flexibility index (Phi) is 5.83. The first kappa shape index (κ1) is 16.5. The summed E-state index contributed by atoms with van der Waals surface area (Å²) in [4.78, 5) is 0. The van der Waals surface area contributed by atoms with Gasteiger partial charge in [0, 0.05) is 6.04 Å². The van der Waals surface area contributed by atoms with Crippen LogP contribution in [0.5, 0.6) is 0 Å². The van der Waals surface area contributed by atoms with E-state index >= 15 is 0 Å². The summed E-state index contributed by atoms with van der Waals surface area (Å²) < 4.78 is 6.48. The third-order valence-corrected chi connectivity index (χ3v) is 5.12. The summed E-state index contributed by atoms with van der Waals surface area (Å²) in [7, 11) is 0. The highest BCUT2D eigenvalue weighted by Gasteiger charge is 2.29. The first-order valence-electron chi connectivity index (χ1n) is 8.48. The Labute approximate surface area is 130 Å². The fourth-order valence-electron chi connectivity index (χ4n) is 3.32. The zero-order valence-electron chi connectivity index (χ0n) is 14.0. The van der Waals surface area contributed by atoms with E-state index in [-0.39, 0.29) is 12.1 Å². The zero-order valence-corrected chi connectivity index (χ0v) is 14.0. The van der Waals surface area contributed by atoms with Crippen molar-refractivity contribution >= 4 is 0 Å². The highest BCUT2D eigenvalue weighted by Crippen LogP contribution is 2.34. The summed E-state index contributed by atoms with van der Waals surface area (Å²) in [6, 6.07) is 8.68. The minimum absolute atomic E-state index is 0.0282. The van der Waals surface area contributed by atoms with Gasteiger partial charge in [-0.05, 0) is 50.0 Å². The van der Waals surface area contributed by atoms with Crippen LogP contribution in [0, 0.1) is 18.8 Å². The Morgan fingerprint density at radius 2 is 2.00 bits per heavy atom. The molecule has 0 spiro atoms. The fourth-order valence-corrected chi connectivity index (χ4v) is 3.32. The molecule has 5 unspecified atom stereocenters. The summed E-state index contributed by atoms with van der Waals surface area (Å²) in [5.41, 5.74) is 8.86. The number of ether oxygens (including phenoxy) is 1. The lowest BCUT2D eigenvalue weighted by Gasteiger charge is -2.36. The maximum absolute atomic E-state index is 6.48. The molecule has 2 nitrogen and oxygen atoms in total. The molecule has 0 heterocycles. The van der Waals surface area contributed by atoms with Crippen LogP contribution < -0.4 is 5.73 Å². The highest BCUT2D eigenvalue weighted by molar-refractivity contribution is 5.25. The summed E-state index contributed by atoms with van der Waals surface area (Å²) in [5, 5.41) is 0. The van der Waals surface area contributed by atoms with Crippen molar-refractivity contribution in [3.63, 3.8) is 0 Å². The van der Waals surface area contributed by atoms with E-state index in [0.29, 0.717) is 6.10 Å². The monoisotopic (exact) mass is 289 g/mol. The molecule has 1 aliphatic carbocycles. The van der Waals surface area contributed by atoms with Crippen molar-refractivity contribution in [2.24, 2.45) is 17.6 Å². The number of hydrogen-bond acceptors (Lipinski definition) is 2. The van der Waals surface area contributed by atoms with Crippen LogP contribution in [-0.4, -0.2) is 12.1 Å². The molecule has 0 bridgehead atoms. The molecule has 2 rings (SSSR count). The van der Waals surface area contributed by atoms with Gasteiger partial charge in [0.15, 0.2) is 0 Å². The van der Waals surface area contributed by atoms with E-state index in [2.05, 4.69) is 52.0 Å². The highest BCUT2D eigenvalue weighted by atomic mass is 16.5. The van der Waals surface area contributed by atoms with E-state index in [1.54, 1.807) is 0 Å². The molecular weight excluding hydrogens is 258 g/mol. The van der Waals surface area contributed by atoms with Gasteiger partial charge in [-0.15, -0.1) is 0 Å². The summed E-state index contributed by atoms with van der Waals surface area (Å²) in [6.07, 6.45) is 4.94. The molecule has 21 heavy (non-hydrogen) atoms. The van der Waals surface area contributed by atoms with Crippen LogP contribution in [0.2, 0.25) is 0 Å². The lowest BCUT2D eigenvalue weighted by atomic mass is 9.80. The van der Waals surface area contributed by atoms with Crippen LogP contribution in [0.3, 0.4) is 0 Å². The largest absolute Gasteiger partial charge is 0.369 e. The Morgan fingerprint density at radius 1 is 1.24 bits per heavy atom. The molecule has 0 aliphatic heterocycles. The van der Waals surface area contributed by atoms with Crippen molar-refractivity contribution in [1.29, 1.82) is 0 Å². The van der Waals surface area contributed by atoms with Gasteiger partial charge in [0.25, 0.3) is 0 Å².